The van der Waals surface area contributed by atoms with Crippen molar-refractivity contribution < 1.29 is 19.0 Å². The Hall–Kier alpha value is -1.69. The molecular weight excluding hydrogens is 528 g/mol. The first-order chi connectivity index (χ1) is 19.5. The van der Waals surface area contributed by atoms with Gasteiger partial charge < -0.3 is 34.3 Å². The molecule has 0 saturated carbocycles. The predicted molar refractivity (Wildman–Crippen MR) is 173 cm³/mol. The normalized spacial score (nSPS) is 20.8. The topological polar surface area (TPSA) is 103 Å². The van der Waals surface area contributed by atoms with Crippen LogP contribution in [0.15, 0.2) is 9.98 Å². The van der Waals surface area contributed by atoms with Crippen molar-refractivity contribution in [2.45, 2.75) is 91.0 Å². The minimum atomic E-state index is -0.169. The highest BCUT2D eigenvalue weighted by Crippen LogP contribution is 2.24. The van der Waals surface area contributed by atoms with Gasteiger partial charge in [0.15, 0.2) is 0 Å². The Morgan fingerprint density at radius 3 is 2.15 bits per heavy atom. The van der Waals surface area contributed by atoms with Gasteiger partial charge in [-0.1, -0.05) is 34.1 Å². The smallest absolute Gasteiger partial charge is 0.409 e. The lowest BCUT2D eigenvalue weighted by molar-refractivity contribution is -0.0110. The van der Waals surface area contributed by atoms with Gasteiger partial charge in [-0.05, 0) is 64.6 Å². The molecule has 3 saturated heterocycles. The van der Waals surface area contributed by atoms with Crippen LogP contribution in [0.1, 0.15) is 72.6 Å². The summed E-state index contributed by atoms with van der Waals surface area (Å²) in [6.45, 7) is 16.6. The Balaban J connectivity index is 0. The van der Waals surface area contributed by atoms with Gasteiger partial charge in [-0.2, -0.15) is 11.8 Å². The third-order valence-electron chi connectivity index (χ3n) is 6.30. The zero-order chi connectivity index (χ0) is 30.6. The number of thioether (sulfide) groups is 1. The number of hydrogen-bond donors (Lipinski definition) is 1. The third kappa shape index (κ3) is 17.9. The number of carbonyl (C=O) groups excluding carboxylic acids is 1. The van der Waals surface area contributed by atoms with Crippen molar-refractivity contribution in [2.75, 3.05) is 72.7 Å². The van der Waals surface area contributed by atoms with Gasteiger partial charge in [-0.25, -0.2) is 4.79 Å². The van der Waals surface area contributed by atoms with Crippen molar-refractivity contribution >= 4 is 37.1 Å². The molecule has 0 aromatic carbocycles. The van der Waals surface area contributed by atoms with E-state index in [2.05, 4.69) is 32.6 Å². The average molecular weight is 589 g/mol. The largest absolute Gasteiger partial charge is 0.453 e. The minimum Gasteiger partial charge on any atom is -0.453 e. The van der Waals surface area contributed by atoms with E-state index in [1.54, 1.807) is 32.3 Å². The second-order valence-electron chi connectivity index (χ2n) is 9.00. The van der Waals surface area contributed by atoms with E-state index in [9.17, 15) is 4.79 Å². The summed E-state index contributed by atoms with van der Waals surface area (Å²) in [4.78, 5) is 25.7. The first-order valence-electron chi connectivity index (χ1n) is 14.8. The monoisotopic (exact) mass is 588 g/mol. The molecule has 0 aromatic heterocycles. The summed E-state index contributed by atoms with van der Waals surface area (Å²) in [5.74, 6) is 1.03. The number of likely N-dealkylation sites (tertiary alicyclic amines) is 2. The molecule has 10 nitrogen and oxygen atoms in total. The van der Waals surface area contributed by atoms with Crippen molar-refractivity contribution in [2.24, 2.45) is 9.98 Å². The van der Waals surface area contributed by atoms with Crippen LogP contribution in [0.4, 0.5) is 4.79 Å². The number of amides is 1. The van der Waals surface area contributed by atoms with E-state index in [1.807, 2.05) is 37.5 Å². The number of rotatable bonds is 9. The van der Waals surface area contributed by atoms with Gasteiger partial charge in [0.2, 0.25) is 0 Å². The zero-order valence-corrected chi connectivity index (χ0v) is 27.6. The molecule has 3 heterocycles. The van der Waals surface area contributed by atoms with Crippen LogP contribution in [0.3, 0.4) is 0 Å². The summed E-state index contributed by atoms with van der Waals surface area (Å²) in [6, 6.07) is 0.696. The first-order valence-corrected chi connectivity index (χ1v) is 16.2. The molecule has 3 rings (SSSR count). The second-order valence-corrected chi connectivity index (χ2v) is 9.91. The van der Waals surface area contributed by atoms with E-state index in [0.29, 0.717) is 25.4 Å². The maximum absolute atomic E-state index is 11.3. The minimum absolute atomic E-state index is 0.0483. The summed E-state index contributed by atoms with van der Waals surface area (Å²) >= 11 is 1.80. The van der Waals surface area contributed by atoms with Crippen LogP contribution in [0, 0.1) is 5.41 Å². The van der Waals surface area contributed by atoms with Gasteiger partial charge in [0.1, 0.15) is 12.9 Å². The quantitative estimate of drug-likeness (QED) is 0.280. The maximum atomic E-state index is 11.3. The highest BCUT2D eigenvalue weighted by atomic mass is 32.2. The van der Waals surface area contributed by atoms with E-state index in [1.165, 1.54) is 45.7 Å². The fraction of sp³-hybridized carbons (Fsp3) is 0.862. The van der Waals surface area contributed by atoms with E-state index in [0.717, 1.165) is 44.5 Å². The highest BCUT2D eigenvalue weighted by Gasteiger charge is 2.29. The van der Waals surface area contributed by atoms with E-state index < -0.39 is 0 Å². The summed E-state index contributed by atoms with van der Waals surface area (Å²) in [6.07, 6.45) is 13.6. The van der Waals surface area contributed by atoms with Crippen molar-refractivity contribution in [3.63, 3.8) is 0 Å². The molecule has 236 valence electrons. The molecule has 1 N–H and O–H groups in total. The predicted octanol–water partition coefficient (Wildman–Crippen LogP) is 5.51. The Bertz CT molecular complexity index is 630. The second kappa shape index (κ2) is 28.8. The molecule has 11 heteroatoms. The lowest BCUT2D eigenvalue weighted by atomic mass is 10.0. The molecule has 3 aliphatic rings. The fourth-order valence-corrected chi connectivity index (χ4v) is 5.20. The summed E-state index contributed by atoms with van der Waals surface area (Å²) < 4.78 is 14.9. The van der Waals surface area contributed by atoms with Crippen LogP contribution in [-0.2, 0) is 14.2 Å². The molecule has 0 aliphatic carbocycles. The number of aliphatic imine (C=N–C) groups is 2. The Morgan fingerprint density at radius 1 is 1.05 bits per heavy atom. The van der Waals surface area contributed by atoms with Crippen molar-refractivity contribution in [1.29, 1.82) is 5.41 Å². The third-order valence-corrected chi connectivity index (χ3v) is 7.01. The zero-order valence-electron chi connectivity index (χ0n) is 26.8. The van der Waals surface area contributed by atoms with Gasteiger partial charge in [0.25, 0.3) is 0 Å². The standard InChI is InChI=1S/C12H22N2O2.C11H20N4OS.C2H6O.2C2H6/c1-16-12(15)14-9-5-11(6-10-14)13-7-3-2-4-8-13;1-13-8-15(9-14-6-5-12)11-4-3-10(16-11)7-17-2;1-3-2;2*1-2/h11H,2-10H2,1H3;5,9-12H,1,3-4,6-8H2,2H3;1-2H3;2*1-2H3. The van der Waals surface area contributed by atoms with E-state index >= 15 is 0 Å². The number of hydrogen-bond acceptors (Lipinski definition) is 9. The molecule has 0 aromatic rings. The van der Waals surface area contributed by atoms with Crippen LogP contribution in [-0.4, -0.2) is 131 Å². The highest BCUT2D eigenvalue weighted by molar-refractivity contribution is 7.98. The van der Waals surface area contributed by atoms with Crippen molar-refractivity contribution in [1.82, 2.24) is 14.7 Å². The van der Waals surface area contributed by atoms with Gasteiger partial charge >= 0.3 is 6.09 Å². The molecule has 2 unspecified atom stereocenters. The molecule has 3 aliphatic heterocycles. The summed E-state index contributed by atoms with van der Waals surface area (Å²) in [5, 5.41) is 6.92. The first kappa shape index (κ1) is 40.4. The number of nitrogens with one attached hydrogen (secondary N) is 1. The fourth-order valence-electron chi connectivity index (χ4n) is 4.59. The summed E-state index contributed by atoms with van der Waals surface area (Å²) in [5.41, 5.74) is 0. The SMILES string of the molecule is C=NCN(C=NCC=N)C1CCC(CSC)O1.CC.CC.COC.COC(=O)N1CCC(N2CCCCC2)CC1. The van der Waals surface area contributed by atoms with Crippen LogP contribution in [0.2, 0.25) is 0 Å². The molecule has 2 atom stereocenters. The summed E-state index contributed by atoms with van der Waals surface area (Å²) in [7, 11) is 4.71. The van der Waals surface area contributed by atoms with E-state index in [-0.39, 0.29) is 12.3 Å². The molecule has 0 bridgehead atoms. The average Bonchev–Trinajstić information content (AvgIpc) is 3.48. The van der Waals surface area contributed by atoms with Gasteiger partial charge in [0, 0.05) is 45.3 Å². The van der Waals surface area contributed by atoms with E-state index in [4.69, 9.17) is 14.9 Å². The molecule has 0 radical (unpaired) electrons. The lowest BCUT2D eigenvalue weighted by Gasteiger charge is -2.39. The van der Waals surface area contributed by atoms with Crippen molar-refractivity contribution in [3.05, 3.63) is 0 Å². The molecular formula is C29H60N6O4S. The Labute approximate surface area is 249 Å². The maximum Gasteiger partial charge on any atom is 0.409 e. The van der Waals surface area contributed by atoms with Gasteiger partial charge in [0.05, 0.1) is 26.1 Å². The molecule has 3 fully saturated rings. The van der Waals surface area contributed by atoms with Gasteiger partial charge in [-0.15, -0.1) is 0 Å². The Morgan fingerprint density at radius 2 is 1.65 bits per heavy atom. The lowest BCUT2D eigenvalue weighted by Crippen LogP contribution is -2.48. The van der Waals surface area contributed by atoms with Crippen LogP contribution >= 0.6 is 11.8 Å². The number of ether oxygens (including phenoxy) is 3. The number of nitrogens with zero attached hydrogens (tertiary/aromatic N) is 5. The van der Waals surface area contributed by atoms with Crippen LogP contribution in [0.5, 0.6) is 0 Å². The molecule has 0 spiro atoms. The number of methoxy groups -OCH3 is 2. The van der Waals surface area contributed by atoms with Crippen LogP contribution < -0.4 is 0 Å². The van der Waals surface area contributed by atoms with Gasteiger partial charge in [-0.3, -0.25) is 9.98 Å². The van der Waals surface area contributed by atoms with Crippen molar-refractivity contribution in [3.8, 4) is 0 Å². The van der Waals surface area contributed by atoms with Crippen LogP contribution in [0.25, 0.3) is 0 Å². The Kier molecular flexibility index (Phi) is 29.1. The number of carbonyl (C=O) groups is 1. The molecule has 40 heavy (non-hydrogen) atoms. The number of piperidine rings is 2. The molecule has 1 amide bonds.